The summed E-state index contributed by atoms with van der Waals surface area (Å²) >= 11 is 17.9. The SMILES string of the molecule is CCOc1ccc(NC(NC(=O)Nc2ccccc2)C(Cl)(Cl)Cl)cc1. The van der Waals surface area contributed by atoms with Crippen LogP contribution in [0.2, 0.25) is 0 Å². The summed E-state index contributed by atoms with van der Waals surface area (Å²) in [6.07, 6.45) is -0.945. The predicted octanol–water partition coefficient (Wildman–Crippen LogP) is 5.02. The van der Waals surface area contributed by atoms with Crippen LogP contribution in [0.3, 0.4) is 0 Å². The Kier molecular flexibility index (Phi) is 7.05. The van der Waals surface area contributed by atoms with Crippen LogP contribution >= 0.6 is 34.8 Å². The normalized spacial score (nSPS) is 12.2. The number of ether oxygens (including phenoxy) is 1. The number of hydrogen-bond donors (Lipinski definition) is 3. The van der Waals surface area contributed by atoms with Crippen molar-refractivity contribution >= 4 is 52.2 Å². The number of urea groups is 1. The lowest BCUT2D eigenvalue weighted by Gasteiger charge is -2.27. The first-order valence-electron chi connectivity index (χ1n) is 7.57. The van der Waals surface area contributed by atoms with E-state index in [-0.39, 0.29) is 0 Å². The van der Waals surface area contributed by atoms with Gasteiger partial charge in [-0.05, 0) is 43.3 Å². The number of halogens is 3. The van der Waals surface area contributed by atoms with Gasteiger partial charge in [0.25, 0.3) is 0 Å². The van der Waals surface area contributed by atoms with Crippen molar-refractivity contribution in [3.63, 3.8) is 0 Å². The monoisotopic (exact) mass is 401 g/mol. The maximum absolute atomic E-state index is 12.1. The number of para-hydroxylation sites is 1. The molecule has 2 aromatic carbocycles. The van der Waals surface area contributed by atoms with E-state index in [0.29, 0.717) is 18.0 Å². The van der Waals surface area contributed by atoms with E-state index in [0.717, 1.165) is 5.75 Å². The van der Waals surface area contributed by atoms with Gasteiger partial charge < -0.3 is 20.7 Å². The van der Waals surface area contributed by atoms with Gasteiger partial charge in [0.2, 0.25) is 3.79 Å². The molecule has 0 spiro atoms. The Bertz CT molecular complexity index is 676. The zero-order valence-corrected chi connectivity index (χ0v) is 15.7. The summed E-state index contributed by atoms with van der Waals surface area (Å²) in [4.78, 5) is 12.1. The van der Waals surface area contributed by atoms with Gasteiger partial charge >= 0.3 is 6.03 Å². The molecule has 0 heterocycles. The molecule has 2 aromatic rings. The molecular formula is C17H18Cl3N3O2. The molecule has 0 aliphatic heterocycles. The maximum Gasteiger partial charge on any atom is 0.320 e. The highest BCUT2D eigenvalue weighted by Gasteiger charge is 2.34. The van der Waals surface area contributed by atoms with Gasteiger partial charge in [-0.15, -0.1) is 0 Å². The minimum Gasteiger partial charge on any atom is -0.494 e. The van der Waals surface area contributed by atoms with Crippen molar-refractivity contribution in [3.8, 4) is 5.75 Å². The molecule has 1 atom stereocenters. The molecular weight excluding hydrogens is 385 g/mol. The highest BCUT2D eigenvalue weighted by Crippen LogP contribution is 2.31. The lowest BCUT2D eigenvalue weighted by molar-refractivity contribution is 0.249. The van der Waals surface area contributed by atoms with Crippen LogP contribution in [0.25, 0.3) is 0 Å². The van der Waals surface area contributed by atoms with E-state index in [1.807, 2.05) is 13.0 Å². The number of alkyl halides is 3. The largest absolute Gasteiger partial charge is 0.494 e. The average molecular weight is 403 g/mol. The number of anilines is 2. The molecule has 0 fully saturated rings. The molecule has 3 N–H and O–H groups in total. The van der Waals surface area contributed by atoms with Crippen molar-refractivity contribution in [1.82, 2.24) is 5.32 Å². The minimum absolute atomic E-state index is 0.499. The molecule has 0 saturated heterocycles. The molecule has 8 heteroatoms. The number of hydrogen-bond acceptors (Lipinski definition) is 3. The third kappa shape index (κ3) is 6.53. The highest BCUT2D eigenvalue weighted by molar-refractivity contribution is 6.68. The van der Waals surface area contributed by atoms with Gasteiger partial charge in [0.05, 0.1) is 6.61 Å². The average Bonchev–Trinajstić information content (AvgIpc) is 2.56. The summed E-state index contributed by atoms with van der Waals surface area (Å²) in [5.41, 5.74) is 1.30. The molecule has 0 aromatic heterocycles. The van der Waals surface area contributed by atoms with E-state index in [4.69, 9.17) is 39.5 Å². The Hall–Kier alpha value is -1.82. The Labute approximate surface area is 161 Å². The van der Waals surface area contributed by atoms with Gasteiger partial charge in [-0.2, -0.15) is 0 Å². The third-order valence-corrected chi connectivity index (χ3v) is 3.77. The van der Waals surface area contributed by atoms with Crippen molar-refractivity contribution in [2.75, 3.05) is 17.2 Å². The Morgan fingerprint density at radius 3 is 2.24 bits per heavy atom. The van der Waals surface area contributed by atoms with Gasteiger partial charge in [-0.1, -0.05) is 53.0 Å². The van der Waals surface area contributed by atoms with Crippen molar-refractivity contribution in [2.24, 2.45) is 0 Å². The number of benzene rings is 2. The number of nitrogens with one attached hydrogen (secondary N) is 3. The van der Waals surface area contributed by atoms with E-state index < -0.39 is 16.0 Å². The van der Waals surface area contributed by atoms with E-state index in [2.05, 4.69) is 16.0 Å². The van der Waals surface area contributed by atoms with Crippen LogP contribution in [0.5, 0.6) is 5.75 Å². The molecule has 1 unspecified atom stereocenters. The van der Waals surface area contributed by atoms with Crippen LogP contribution in [0.4, 0.5) is 16.2 Å². The second-order valence-corrected chi connectivity index (χ2v) is 7.41. The topological polar surface area (TPSA) is 62.4 Å². The molecule has 2 rings (SSSR count). The van der Waals surface area contributed by atoms with E-state index in [1.54, 1.807) is 48.5 Å². The first-order chi connectivity index (χ1) is 11.9. The standard InChI is InChI=1S/C17H18Cl3N3O2/c1-2-25-14-10-8-13(9-11-14)21-15(17(18,19)20)23-16(24)22-12-6-4-3-5-7-12/h3-11,15,21H,2H2,1H3,(H2,22,23,24). The van der Waals surface area contributed by atoms with Crippen LogP contribution < -0.4 is 20.7 Å². The number of carbonyl (C=O) groups excluding carboxylic acids is 1. The summed E-state index contributed by atoms with van der Waals surface area (Å²) in [7, 11) is 0. The molecule has 0 aliphatic carbocycles. The van der Waals surface area contributed by atoms with Gasteiger partial charge in [-0.3, -0.25) is 0 Å². The van der Waals surface area contributed by atoms with Crippen molar-refractivity contribution in [2.45, 2.75) is 16.9 Å². The number of carbonyl (C=O) groups is 1. The first-order valence-corrected chi connectivity index (χ1v) is 8.70. The first kappa shape index (κ1) is 19.5. The van der Waals surface area contributed by atoms with Crippen LogP contribution in [0.1, 0.15) is 6.92 Å². The molecule has 0 saturated carbocycles. The summed E-state index contributed by atoms with van der Waals surface area (Å²) < 4.78 is 3.62. The fraction of sp³-hybridized carbons (Fsp3) is 0.235. The van der Waals surface area contributed by atoms with Gasteiger partial charge in [0, 0.05) is 11.4 Å². The van der Waals surface area contributed by atoms with Crippen LogP contribution in [-0.2, 0) is 0 Å². The molecule has 25 heavy (non-hydrogen) atoms. The van der Waals surface area contributed by atoms with Crippen molar-refractivity contribution in [3.05, 3.63) is 54.6 Å². The Morgan fingerprint density at radius 1 is 1.04 bits per heavy atom. The molecule has 0 bridgehead atoms. The molecule has 5 nitrogen and oxygen atoms in total. The predicted molar refractivity (Wildman–Crippen MR) is 104 cm³/mol. The smallest absolute Gasteiger partial charge is 0.320 e. The Balaban J connectivity index is 2.02. The van der Waals surface area contributed by atoms with Gasteiger partial charge in [-0.25, -0.2) is 4.79 Å². The fourth-order valence-corrected chi connectivity index (χ4v) is 2.33. The molecule has 134 valence electrons. The zero-order valence-electron chi connectivity index (χ0n) is 13.4. The fourth-order valence-electron chi connectivity index (χ4n) is 2.00. The van der Waals surface area contributed by atoms with Crippen LogP contribution in [0.15, 0.2) is 54.6 Å². The lowest BCUT2D eigenvalue weighted by atomic mass is 10.3. The zero-order chi connectivity index (χ0) is 18.3. The minimum atomic E-state index is -1.76. The van der Waals surface area contributed by atoms with Crippen LogP contribution in [0, 0.1) is 0 Å². The highest BCUT2D eigenvalue weighted by atomic mass is 35.6. The molecule has 0 radical (unpaired) electrons. The summed E-state index contributed by atoms with van der Waals surface area (Å²) in [5, 5.41) is 8.26. The van der Waals surface area contributed by atoms with E-state index >= 15 is 0 Å². The summed E-state index contributed by atoms with van der Waals surface area (Å²) in [6, 6.07) is 15.6. The summed E-state index contributed by atoms with van der Waals surface area (Å²) in [5.74, 6) is 0.730. The van der Waals surface area contributed by atoms with Gasteiger partial charge in [0.1, 0.15) is 11.9 Å². The maximum atomic E-state index is 12.1. The quantitative estimate of drug-likeness (QED) is 0.470. The second kappa shape index (κ2) is 9.04. The summed E-state index contributed by atoms with van der Waals surface area (Å²) in [6.45, 7) is 2.48. The Morgan fingerprint density at radius 2 is 1.68 bits per heavy atom. The second-order valence-electron chi connectivity index (χ2n) is 5.04. The number of rotatable bonds is 6. The van der Waals surface area contributed by atoms with Gasteiger partial charge in [0.15, 0.2) is 0 Å². The molecule has 0 aliphatic rings. The lowest BCUT2D eigenvalue weighted by Crippen LogP contribution is -2.50. The third-order valence-electron chi connectivity index (χ3n) is 3.11. The van der Waals surface area contributed by atoms with Crippen molar-refractivity contribution in [1.29, 1.82) is 0 Å². The van der Waals surface area contributed by atoms with E-state index in [1.165, 1.54) is 0 Å². The van der Waals surface area contributed by atoms with Crippen molar-refractivity contribution < 1.29 is 9.53 Å². The number of amides is 2. The molecule has 2 amide bonds. The van der Waals surface area contributed by atoms with E-state index in [9.17, 15) is 4.79 Å². The van der Waals surface area contributed by atoms with Crippen LogP contribution in [-0.4, -0.2) is 22.6 Å².